The second-order valence-electron chi connectivity index (χ2n) is 7.59. The van der Waals surface area contributed by atoms with Gasteiger partial charge in [0, 0.05) is 30.9 Å². The van der Waals surface area contributed by atoms with Crippen LogP contribution >= 0.6 is 0 Å². The highest BCUT2D eigenvalue weighted by molar-refractivity contribution is 5.93. The van der Waals surface area contributed by atoms with Crippen molar-refractivity contribution in [3.63, 3.8) is 0 Å². The summed E-state index contributed by atoms with van der Waals surface area (Å²) in [5, 5.41) is 4.53. The molecule has 0 fully saturated rings. The minimum Gasteiger partial charge on any atom is -0.329 e. The van der Waals surface area contributed by atoms with Crippen LogP contribution in [0.3, 0.4) is 0 Å². The van der Waals surface area contributed by atoms with Crippen molar-refractivity contribution in [3.8, 4) is 11.3 Å². The van der Waals surface area contributed by atoms with Crippen LogP contribution in [-0.4, -0.2) is 36.5 Å². The molecule has 0 aliphatic carbocycles. The summed E-state index contributed by atoms with van der Waals surface area (Å²) in [4.78, 5) is 19.3. The predicted octanol–water partition coefficient (Wildman–Crippen LogP) is 3.91. The van der Waals surface area contributed by atoms with Gasteiger partial charge in [-0.15, -0.1) is 0 Å². The van der Waals surface area contributed by atoms with E-state index in [1.54, 1.807) is 28.7 Å². The van der Waals surface area contributed by atoms with Crippen LogP contribution in [0.4, 0.5) is 13.2 Å². The number of imidazole rings is 1. The monoisotopic (exact) mass is 425 g/mol. The molecule has 1 aliphatic rings. The van der Waals surface area contributed by atoms with Gasteiger partial charge in [-0.25, -0.2) is 18.2 Å². The van der Waals surface area contributed by atoms with Crippen molar-refractivity contribution in [2.45, 2.75) is 19.4 Å². The molecule has 1 aromatic carbocycles. The first-order valence-electron chi connectivity index (χ1n) is 9.80. The lowest BCUT2D eigenvalue weighted by Gasteiger charge is -2.32. The molecule has 158 valence electrons. The van der Waals surface area contributed by atoms with Crippen LogP contribution in [0.15, 0.2) is 42.7 Å². The Hall–Kier alpha value is -3.62. The van der Waals surface area contributed by atoms with E-state index in [-0.39, 0.29) is 17.5 Å². The number of carbonyl (C=O) groups excluding carboxylic acids is 1. The van der Waals surface area contributed by atoms with E-state index in [1.807, 2.05) is 25.1 Å². The normalized spacial score (nSPS) is 16.0. The highest BCUT2D eigenvalue weighted by Gasteiger charge is 2.34. The third-order valence-electron chi connectivity index (χ3n) is 5.80. The number of fused-ring (bicyclic) bond motifs is 2. The van der Waals surface area contributed by atoms with Gasteiger partial charge in [0.05, 0.1) is 23.6 Å². The van der Waals surface area contributed by atoms with Gasteiger partial charge in [-0.05, 0) is 37.6 Å². The lowest BCUT2D eigenvalue weighted by Crippen LogP contribution is -2.39. The number of rotatable bonds is 2. The molecule has 1 aliphatic heterocycles. The average molecular weight is 425 g/mol. The Bertz CT molecular complexity index is 1320. The third-order valence-corrected chi connectivity index (χ3v) is 5.80. The molecule has 9 heteroatoms. The van der Waals surface area contributed by atoms with Crippen molar-refractivity contribution in [1.29, 1.82) is 0 Å². The second-order valence-corrected chi connectivity index (χ2v) is 7.59. The molecule has 31 heavy (non-hydrogen) atoms. The molecular weight excluding hydrogens is 407 g/mol. The van der Waals surface area contributed by atoms with Crippen LogP contribution in [0.25, 0.3) is 16.9 Å². The molecule has 4 aromatic rings. The number of benzene rings is 1. The van der Waals surface area contributed by atoms with Crippen molar-refractivity contribution in [3.05, 3.63) is 77.1 Å². The van der Waals surface area contributed by atoms with E-state index in [9.17, 15) is 18.0 Å². The molecule has 0 saturated heterocycles. The van der Waals surface area contributed by atoms with Crippen LogP contribution in [-0.2, 0) is 13.5 Å². The van der Waals surface area contributed by atoms with E-state index < -0.39 is 17.5 Å². The lowest BCUT2D eigenvalue weighted by atomic mass is 9.95. The smallest absolute Gasteiger partial charge is 0.273 e. The maximum absolute atomic E-state index is 13.8. The van der Waals surface area contributed by atoms with E-state index in [2.05, 4.69) is 10.1 Å². The van der Waals surface area contributed by atoms with Crippen LogP contribution in [0.5, 0.6) is 0 Å². The van der Waals surface area contributed by atoms with Gasteiger partial charge in [-0.2, -0.15) is 5.10 Å². The summed E-state index contributed by atoms with van der Waals surface area (Å²) in [5.74, 6) is -4.18. The SMILES string of the molecule is CC1c2nn(C)c(-c3cc(F)c(F)c(F)c3)c2CCN1C(=O)c1cnc2ccccn12. The quantitative estimate of drug-likeness (QED) is 0.458. The van der Waals surface area contributed by atoms with Crippen LogP contribution < -0.4 is 0 Å². The number of nitrogens with zero attached hydrogens (tertiary/aromatic N) is 5. The van der Waals surface area contributed by atoms with Crippen molar-refractivity contribution >= 4 is 11.6 Å². The van der Waals surface area contributed by atoms with Crippen LogP contribution in [0, 0.1) is 17.5 Å². The van der Waals surface area contributed by atoms with E-state index in [1.165, 1.54) is 4.68 Å². The molecule has 6 nitrogen and oxygen atoms in total. The number of aromatic nitrogens is 4. The molecule has 0 spiro atoms. The zero-order valence-electron chi connectivity index (χ0n) is 16.8. The van der Waals surface area contributed by atoms with Crippen molar-refractivity contribution in [2.24, 2.45) is 7.05 Å². The molecule has 1 atom stereocenters. The lowest BCUT2D eigenvalue weighted by molar-refractivity contribution is 0.0666. The van der Waals surface area contributed by atoms with Gasteiger partial charge >= 0.3 is 0 Å². The molecule has 0 N–H and O–H groups in total. The predicted molar refractivity (Wildman–Crippen MR) is 107 cm³/mol. The van der Waals surface area contributed by atoms with E-state index in [4.69, 9.17) is 0 Å². The zero-order chi connectivity index (χ0) is 21.9. The standard InChI is InChI=1S/C22H18F3N5O/c1-12-20-14(21(28(2)27-20)13-9-15(23)19(25)16(24)10-13)6-8-29(12)22(31)17-11-26-18-5-3-4-7-30(17)18/h3-5,7,9-12H,6,8H2,1-2H3. The summed E-state index contributed by atoms with van der Waals surface area (Å²) in [6, 6.07) is 7.08. The number of halogens is 3. The van der Waals surface area contributed by atoms with E-state index in [0.29, 0.717) is 35.7 Å². The van der Waals surface area contributed by atoms with Gasteiger partial charge in [0.25, 0.3) is 5.91 Å². The fourth-order valence-corrected chi connectivity index (χ4v) is 4.31. The fraction of sp³-hybridized carbons (Fsp3) is 0.227. The van der Waals surface area contributed by atoms with Gasteiger partial charge in [0.15, 0.2) is 17.5 Å². The summed E-state index contributed by atoms with van der Waals surface area (Å²) >= 11 is 0. The van der Waals surface area contributed by atoms with Crippen LogP contribution in [0.2, 0.25) is 0 Å². The summed E-state index contributed by atoms with van der Waals surface area (Å²) < 4.78 is 44.3. The Morgan fingerprint density at radius 3 is 2.65 bits per heavy atom. The molecule has 5 rings (SSSR count). The molecule has 1 unspecified atom stereocenters. The highest BCUT2D eigenvalue weighted by atomic mass is 19.2. The van der Waals surface area contributed by atoms with Gasteiger partial charge in [-0.1, -0.05) is 6.07 Å². The van der Waals surface area contributed by atoms with Crippen LogP contribution in [0.1, 0.15) is 34.7 Å². The van der Waals surface area contributed by atoms with Gasteiger partial charge in [0.2, 0.25) is 0 Å². The number of carbonyl (C=O) groups is 1. The molecule has 4 heterocycles. The van der Waals surface area contributed by atoms with Gasteiger partial charge < -0.3 is 4.90 Å². The number of aryl methyl sites for hydroxylation is 1. The van der Waals surface area contributed by atoms with E-state index >= 15 is 0 Å². The summed E-state index contributed by atoms with van der Waals surface area (Å²) in [7, 11) is 1.66. The Morgan fingerprint density at radius 1 is 1.16 bits per heavy atom. The van der Waals surface area contributed by atoms with Crippen molar-refractivity contribution in [1.82, 2.24) is 24.1 Å². The van der Waals surface area contributed by atoms with Gasteiger partial charge in [0.1, 0.15) is 11.3 Å². The van der Waals surface area contributed by atoms with Gasteiger partial charge in [-0.3, -0.25) is 13.9 Å². The fourth-order valence-electron chi connectivity index (χ4n) is 4.31. The van der Waals surface area contributed by atoms with E-state index in [0.717, 1.165) is 17.7 Å². The Morgan fingerprint density at radius 2 is 1.90 bits per heavy atom. The molecular formula is C22H18F3N5O. The summed E-state index contributed by atoms with van der Waals surface area (Å²) in [6.07, 6.45) is 3.78. The minimum absolute atomic E-state index is 0.178. The first-order valence-corrected chi connectivity index (χ1v) is 9.80. The van der Waals surface area contributed by atoms with Crippen molar-refractivity contribution < 1.29 is 18.0 Å². The largest absolute Gasteiger partial charge is 0.329 e. The summed E-state index contributed by atoms with van der Waals surface area (Å²) in [6.45, 7) is 2.26. The molecule has 0 saturated carbocycles. The van der Waals surface area contributed by atoms with Crippen molar-refractivity contribution in [2.75, 3.05) is 6.54 Å². The minimum atomic E-state index is -1.50. The maximum atomic E-state index is 13.8. The highest BCUT2D eigenvalue weighted by Crippen LogP contribution is 2.36. The molecule has 1 amide bonds. The number of hydrogen-bond acceptors (Lipinski definition) is 3. The first-order chi connectivity index (χ1) is 14.9. The molecule has 0 radical (unpaired) electrons. The maximum Gasteiger partial charge on any atom is 0.273 e. The third kappa shape index (κ3) is 2.91. The summed E-state index contributed by atoms with van der Waals surface area (Å²) in [5.41, 5.74) is 3.29. The second kappa shape index (κ2) is 6.97. The Labute approximate surface area is 175 Å². The average Bonchev–Trinajstić information content (AvgIpc) is 3.32. The topological polar surface area (TPSA) is 55.4 Å². The number of pyridine rings is 1. The Kier molecular flexibility index (Phi) is 4.35. The molecule has 3 aromatic heterocycles. The first kappa shape index (κ1) is 19.3. The zero-order valence-corrected chi connectivity index (χ0v) is 16.8. The molecule has 0 bridgehead atoms. The Balaban J connectivity index is 1.53. The number of hydrogen-bond donors (Lipinski definition) is 0. The number of amides is 1.